The Balaban J connectivity index is 1.46. The molecule has 25 heavy (non-hydrogen) atoms. The highest BCUT2D eigenvalue weighted by Gasteiger charge is 2.78. The van der Waals surface area contributed by atoms with Crippen LogP contribution < -0.4 is 10.1 Å². The molecule has 2 heterocycles. The van der Waals surface area contributed by atoms with Gasteiger partial charge in [0.15, 0.2) is 10.7 Å². The first-order valence-electron chi connectivity index (χ1n) is 8.82. The number of ether oxygens (including phenoxy) is 2. The topological polar surface area (TPSA) is 60.5 Å². The van der Waals surface area contributed by atoms with Gasteiger partial charge in [-0.05, 0) is 43.4 Å². The number of hydrogen-bond donors (Lipinski definition) is 1. The second kappa shape index (κ2) is 4.74. The number of anilines is 1. The molecule has 0 unspecified atom stereocenters. The summed E-state index contributed by atoms with van der Waals surface area (Å²) in [6.07, 6.45) is 3.12. The molecule has 6 heteroatoms. The number of nitrogens with zero attached hydrogens (tertiary/aromatic N) is 1. The van der Waals surface area contributed by atoms with E-state index in [4.69, 9.17) is 9.47 Å². The number of methoxy groups -OCH3 is 1. The number of fused-ring (bicyclic) bond motifs is 1. The van der Waals surface area contributed by atoms with Gasteiger partial charge in [0.05, 0.1) is 23.9 Å². The van der Waals surface area contributed by atoms with Crippen LogP contribution in [0, 0.1) is 16.7 Å². The third-order valence-electron chi connectivity index (χ3n) is 7.38. The van der Waals surface area contributed by atoms with Gasteiger partial charge in [0, 0.05) is 10.8 Å². The lowest BCUT2D eigenvalue weighted by molar-refractivity contribution is -0.149. The van der Waals surface area contributed by atoms with E-state index in [1.54, 1.807) is 7.11 Å². The van der Waals surface area contributed by atoms with Gasteiger partial charge in [-0.3, -0.25) is 10.1 Å². The number of hydrogen-bond acceptors (Lipinski definition) is 5. The average Bonchev–Trinajstić information content (AvgIpc) is 3.24. The van der Waals surface area contributed by atoms with E-state index in [0.29, 0.717) is 17.7 Å². The smallest absolute Gasteiger partial charge is 0.259 e. The van der Waals surface area contributed by atoms with Crippen LogP contribution >= 0.6 is 11.3 Å². The number of benzene rings is 1. The Bertz CT molecular complexity index is 896. The number of thiazole rings is 1. The zero-order valence-corrected chi connectivity index (χ0v) is 15.5. The van der Waals surface area contributed by atoms with Gasteiger partial charge in [-0.2, -0.15) is 0 Å². The molecule has 0 radical (unpaired) electrons. The minimum atomic E-state index is -0.694. The molecule has 1 aromatic heterocycles. The van der Waals surface area contributed by atoms with Crippen molar-refractivity contribution >= 4 is 32.6 Å². The van der Waals surface area contributed by atoms with Crippen molar-refractivity contribution in [3.8, 4) is 5.75 Å². The third kappa shape index (κ3) is 1.72. The molecule has 1 saturated heterocycles. The second-order valence-electron chi connectivity index (χ2n) is 8.11. The van der Waals surface area contributed by atoms with Gasteiger partial charge in [-0.1, -0.05) is 25.2 Å². The lowest BCUT2D eigenvalue weighted by atomic mass is 9.66. The summed E-state index contributed by atoms with van der Waals surface area (Å²) in [6, 6.07) is 5.75. The molecule has 132 valence electrons. The SMILES string of the molecule is COc1ccc2nc(NC(=O)[C@@]34C[C@H]5CC[C@@]3(C)[C@@]5(C)CO4)sc2c1. The normalized spacial score (nSPS) is 38.4. The van der Waals surface area contributed by atoms with Crippen molar-refractivity contribution in [3.63, 3.8) is 0 Å². The molecule has 2 aromatic rings. The highest BCUT2D eigenvalue weighted by Crippen LogP contribution is 2.75. The monoisotopic (exact) mass is 358 g/mol. The summed E-state index contributed by atoms with van der Waals surface area (Å²) in [6.45, 7) is 5.24. The molecule has 1 N–H and O–H groups in total. The second-order valence-corrected chi connectivity index (χ2v) is 9.14. The maximum Gasteiger partial charge on any atom is 0.259 e. The van der Waals surface area contributed by atoms with Gasteiger partial charge in [-0.25, -0.2) is 4.98 Å². The Hall–Kier alpha value is -1.66. The number of aromatic nitrogens is 1. The van der Waals surface area contributed by atoms with Gasteiger partial charge >= 0.3 is 0 Å². The predicted molar refractivity (Wildman–Crippen MR) is 97.0 cm³/mol. The summed E-state index contributed by atoms with van der Waals surface area (Å²) >= 11 is 1.48. The first kappa shape index (κ1) is 15.6. The lowest BCUT2D eigenvalue weighted by Crippen LogP contribution is -2.52. The average molecular weight is 358 g/mol. The Morgan fingerprint density at radius 2 is 2.28 bits per heavy atom. The van der Waals surface area contributed by atoms with Gasteiger partial charge in [0.25, 0.3) is 5.91 Å². The van der Waals surface area contributed by atoms with Crippen LogP contribution in [0.3, 0.4) is 0 Å². The van der Waals surface area contributed by atoms with Crippen molar-refractivity contribution in [3.05, 3.63) is 18.2 Å². The number of carbonyl (C=O) groups is 1. The summed E-state index contributed by atoms with van der Waals surface area (Å²) in [5.41, 5.74) is 0.232. The molecule has 1 amide bonds. The zero-order chi connectivity index (χ0) is 17.4. The molecule has 4 bridgehead atoms. The summed E-state index contributed by atoms with van der Waals surface area (Å²) in [5, 5.41) is 3.69. The summed E-state index contributed by atoms with van der Waals surface area (Å²) in [7, 11) is 1.65. The molecule has 3 fully saturated rings. The fourth-order valence-electron chi connectivity index (χ4n) is 5.54. The Morgan fingerprint density at radius 1 is 1.44 bits per heavy atom. The van der Waals surface area contributed by atoms with Gasteiger partial charge in [-0.15, -0.1) is 0 Å². The van der Waals surface area contributed by atoms with Crippen LogP contribution in [0.25, 0.3) is 10.2 Å². The predicted octanol–water partition coefficient (Wildman–Crippen LogP) is 3.84. The van der Waals surface area contributed by atoms with E-state index in [2.05, 4.69) is 24.1 Å². The van der Waals surface area contributed by atoms with E-state index in [1.165, 1.54) is 17.8 Å². The highest BCUT2D eigenvalue weighted by atomic mass is 32.1. The van der Waals surface area contributed by atoms with Gasteiger partial charge < -0.3 is 9.47 Å². The van der Waals surface area contributed by atoms with Crippen LogP contribution in [-0.2, 0) is 9.53 Å². The molecular formula is C19H22N2O3S. The van der Waals surface area contributed by atoms with E-state index in [1.807, 2.05) is 18.2 Å². The molecule has 2 aliphatic carbocycles. The molecule has 4 atom stereocenters. The van der Waals surface area contributed by atoms with Gasteiger partial charge in [0.1, 0.15) is 5.75 Å². The lowest BCUT2D eigenvalue weighted by Gasteiger charge is -2.39. The standard InChI is InChI=1S/C19H22N2O3S/c1-17-10-24-19(9-11(17)6-7-18(17,19)2)15(22)21-16-20-13-5-4-12(23-3)8-14(13)25-16/h4-5,8,11H,6-7,9-10H2,1-3H3,(H,20,21,22)/t11-,17+,18+,19+/m1/s1. The van der Waals surface area contributed by atoms with Crippen LogP contribution in [0.4, 0.5) is 5.13 Å². The maximum atomic E-state index is 13.2. The van der Waals surface area contributed by atoms with E-state index in [0.717, 1.165) is 28.8 Å². The van der Waals surface area contributed by atoms with Crippen LogP contribution in [0.5, 0.6) is 5.75 Å². The van der Waals surface area contributed by atoms with Crippen LogP contribution in [0.15, 0.2) is 18.2 Å². The van der Waals surface area contributed by atoms with Crippen molar-refractivity contribution in [2.45, 2.75) is 38.7 Å². The molecule has 5 rings (SSSR count). The van der Waals surface area contributed by atoms with E-state index < -0.39 is 5.60 Å². The number of rotatable bonds is 3. The molecule has 5 nitrogen and oxygen atoms in total. The maximum absolute atomic E-state index is 13.2. The Labute approximate surface area is 150 Å². The van der Waals surface area contributed by atoms with E-state index >= 15 is 0 Å². The molecule has 1 aliphatic heterocycles. The van der Waals surface area contributed by atoms with E-state index in [-0.39, 0.29) is 16.7 Å². The summed E-state index contributed by atoms with van der Waals surface area (Å²) in [4.78, 5) is 17.8. The minimum Gasteiger partial charge on any atom is -0.497 e. The van der Waals surface area contributed by atoms with Crippen LogP contribution in [0.2, 0.25) is 0 Å². The molecule has 2 saturated carbocycles. The number of amides is 1. The van der Waals surface area contributed by atoms with Crippen LogP contribution in [0.1, 0.15) is 33.1 Å². The van der Waals surface area contributed by atoms with E-state index in [9.17, 15) is 4.79 Å². The van der Waals surface area contributed by atoms with Crippen molar-refractivity contribution in [2.75, 3.05) is 19.0 Å². The highest BCUT2D eigenvalue weighted by molar-refractivity contribution is 7.22. The largest absolute Gasteiger partial charge is 0.497 e. The van der Waals surface area contributed by atoms with Crippen molar-refractivity contribution in [1.82, 2.24) is 4.98 Å². The zero-order valence-electron chi connectivity index (χ0n) is 14.7. The fraction of sp³-hybridized carbons (Fsp3) is 0.579. The van der Waals surface area contributed by atoms with Crippen molar-refractivity contribution in [2.24, 2.45) is 16.7 Å². The fourth-order valence-corrected chi connectivity index (χ4v) is 6.43. The quantitative estimate of drug-likeness (QED) is 0.906. The molecular weight excluding hydrogens is 336 g/mol. The van der Waals surface area contributed by atoms with Gasteiger partial charge in [0.2, 0.25) is 0 Å². The molecule has 0 spiro atoms. The summed E-state index contributed by atoms with van der Waals surface area (Å²) < 4.78 is 12.4. The van der Waals surface area contributed by atoms with Crippen molar-refractivity contribution < 1.29 is 14.3 Å². The first-order valence-corrected chi connectivity index (χ1v) is 9.64. The number of nitrogens with one attached hydrogen (secondary N) is 1. The minimum absolute atomic E-state index is 0.0213. The Kier molecular flexibility index (Phi) is 2.95. The summed E-state index contributed by atoms with van der Waals surface area (Å²) in [5.74, 6) is 1.37. The van der Waals surface area contributed by atoms with Crippen LogP contribution in [-0.4, -0.2) is 30.2 Å². The first-order chi connectivity index (χ1) is 11.9. The number of carbonyl (C=O) groups excluding carboxylic acids is 1. The molecule has 3 aliphatic rings. The molecule has 1 aromatic carbocycles. The third-order valence-corrected chi connectivity index (χ3v) is 8.31. The van der Waals surface area contributed by atoms with Crippen molar-refractivity contribution in [1.29, 1.82) is 0 Å². The Morgan fingerprint density at radius 3 is 3.00 bits per heavy atom.